The smallest absolute Gasteiger partial charge is 0.252 e. The summed E-state index contributed by atoms with van der Waals surface area (Å²) in [5, 5.41) is 13.0. The summed E-state index contributed by atoms with van der Waals surface area (Å²) in [5.41, 5.74) is 2.78. The number of carbonyl (C=O) groups excluding carboxylic acids is 1. The molecule has 0 saturated heterocycles. The van der Waals surface area contributed by atoms with Crippen LogP contribution in [0.4, 0.5) is 0 Å². The number of para-hydroxylation sites is 1. The molecule has 3 rings (SSSR count). The number of hydrogen-bond donors (Lipinski definition) is 2. The fourth-order valence-electron chi connectivity index (χ4n) is 2.83. The number of aliphatic hydroxyl groups is 1. The fourth-order valence-corrected chi connectivity index (χ4v) is 2.83. The van der Waals surface area contributed by atoms with Gasteiger partial charge in [0.1, 0.15) is 0 Å². The van der Waals surface area contributed by atoms with Crippen LogP contribution in [0.5, 0.6) is 0 Å². The van der Waals surface area contributed by atoms with Gasteiger partial charge in [-0.15, -0.1) is 0 Å². The van der Waals surface area contributed by atoms with E-state index in [1.165, 1.54) is 0 Å². The van der Waals surface area contributed by atoms with E-state index in [4.69, 9.17) is 5.11 Å². The second kappa shape index (κ2) is 7.62. The Hall–Kier alpha value is -2.79. The van der Waals surface area contributed by atoms with Gasteiger partial charge < -0.3 is 10.4 Å². The van der Waals surface area contributed by atoms with Crippen molar-refractivity contribution in [2.45, 2.75) is 20.3 Å². The largest absolute Gasteiger partial charge is 0.396 e. The van der Waals surface area contributed by atoms with Crippen molar-refractivity contribution in [1.29, 1.82) is 0 Å². The minimum atomic E-state index is -0.167. The molecule has 3 aromatic rings. The van der Waals surface area contributed by atoms with E-state index < -0.39 is 0 Å². The van der Waals surface area contributed by atoms with Crippen molar-refractivity contribution >= 4 is 16.8 Å². The minimum absolute atomic E-state index is 0.103. The van der Waals surface area contributed by atoms with Crippen molar-refractivity contribution in [2.75, 3.05) is 13.2 Å². The van der Waals surface area contributed by atoms with Crippen molar-refractivity contribution in [2.24, 2.45) is 5.41 Å². The number of amides is 1. The standard InChI is InChI=1S/C21H23N3O2/c1-21(2,9-11-25)14-23-20(26)17-12-19(15-6-5-10-22-13-15)24-18-8-4-3-7-16(17)18/h3-8,10,12-13,25H,9,11,14H2,1-2H3,(H,23,26). The fraction of sp³-hybridized carbons (Fsp3) is 0.286. The molecule has 2 heterocycles. The van der Waals surface area contributed by atoms with E-state index in [9.17, 15) is 4.79 Å². The van der Waals surface area contributed by atoms with E-state index in [1.807, 2.05) is 56.3 Å². The molecule has 0 aliphatic carbocycles. The first kappa shape index (κ1) is 18.0. The zero-order valence-corrected chi connectivity index (χ0v) is 15.1. The normalized spacial score (nSPS) is 11.5. The highest BCUT2D eigenvalue weighted by atomic mass is 16.3. The second-order valence-corrected chi connectivity index (χ2v) is 7.13. The monoisotopic (exact) mass is 349 g/mol. The number of rotatable bonds is 6. The van der Waals surface area contributed by atoms with Gasteiger partial charge in [0, 0.05) is 36.5 Å². The van der Waals surface area contributed by atoms with Gasteiger partial charge in [-0.05, 0) is 36.1 Å². The van der Waals surface area contributed by atoms with E-state index in [0.717, 1.165) is 22.2 Å². The zero-order chi connectivity index (χ0) is 18.6. The summed E-state index contributed by atoms with van der Waals surface area (Å²) in [6.07, 6.45) is 4.08. The van der Waals surface area contributed by atoms with Crippen LogP contribution < -0.4 is 5.32 Å². The molecule has 2 N–H and O–H groups in total. The molecule has 2 aromatic heterocycles. The highest BCUT2D eigenvalue weighted by Crippen LogP contribution is 2.25. The molecule has 0 bridgehead atoms. The molecule has 0 saturated carbocycles. The summed E-state index contributed by atoms with van der Waals surface area (Å²) in [4.78, 5) is 21.7. The molecule has 134 valence electrons. The Kier molecular flexibility index (Phi) is 5.28. The van der Waals surface area contributed by atoms with E-state index in [0.29, 0.717) is 18.5 Å². The molecule has 0 fully saturated rings. The maximum Gasteiger partial charge on any atom is 0.252 e. The molecular formula is C21H23N3O2. The van der Waals surface area contributed by atoms with Gasteiger partial charge in [0.05, 0.1) is 16.8 Å². The van der Waals surface area contributed by atoms with Gasteiger partial charge in [0.25, 0.3) is 5.91 Å². The maximum atomic E-state index is 12.9. The molecule has 1 aromatic carbocycles. The van der Waals surface area contributed by atoms with E-state index >= 15 is 0 Å². The lowest BCUT2D eigenvalue weighted by molar-refractivity contribution is 0.0930. The summed E-state index contributed by atoms with van der Waals surface area (Å²) < 4.78 is 0. The van der Waals surface area contributed by atoms with Crippen LogP contribution >= 0.6 is 0 Å². The third-order valence-corrected chi connectivity index (χ3v) is 4.43. The summed E-state index contributed by atoms with van der Waals surface area (Å²) >= 11 is 0. The summed E-state index contributed by atoms with van der Waals surface area (Å²) in [6.45, 7) is 4.64. The first-order valence-electron chi connectivity index (χ1n) is 8.69. The molecule has 0 spiro atoms. The first-order valence-corrected chi connectivity index (χ1v) is 8.69. The van der Waals surface area contributed by atoms with Crippen LogP contribution in [0.3, 0.4) is 0 Å². The number of nitrogens with one attached hydrogen (secondary N) is 1. The zero-order valence-electron chi connectivity index (χ0n) is 15.1. The third-order valence-electron chi connectivity index (χ3n) is 4.43. The van der Waals surface area contributed by atoms with Crippen LogP contribution in [0.1, 0.15) is 30.6 Å². The molecule has 0 aliphatic heterocycles. The topological polar surface area (TPSA) is 75.1 Å². The van der Waals surface area contributed by atoms with Gasteiger partial charge in [-0.2, -0.15) is 0 Å². The molecule has 0 aliphatic rings. The molecule has 5 nitrogen and oxygen atoms in total. The lowest BCUT2D eigenvalue weighted by Gasteiger charge is -2.24. The summed E-state index contributed by atoms with van der Waals surface area (Å²) in [6, 6.07) is 13.2. The van der Waals surface area contributed by atoms with Crippen molar-refractivity contribution in [3.05, 3.63) is 60.4 Å². The van der Waals surface area contributed by atoms with Gasteiger partial charge in [-0.3, -0.25) is 9.78 Å². The molecule has 0 radical (unpaired) electrons. The Labute approximate surface area is 153 Å². The number of pyridine rings is 2. The van der Waals surface area contributed by atoms with Gasteiger partial charge in [-0.1, -0.05) is 32.0 Å². The number of hydrogen-bond acceptors (Lipinski definition) is 4. The van der Waals surface area contributed by atoms with Crippen LogP contribution in [-0.2, 0) is 0 Å². The van der Waals surface area contributed by atoms with E-state index in [-0.39, 0.29) is 17.9 Å². The van der Waals surface area contributed by atoms with Gasteiger partial charge in [0.15, 0.2) is 0 Å². The van der Waals surface area contributed by atoms with E-state index in [2.05, 4.69) is 15.3 Å². The Morgan fingerprint density at radius 2 is 2.00 bits per heavy atom. The number of fused-ring (bicyclic) bond motifs is 1. The number of aromatic nitrogens is 2. The molecule has 5 heteroatoms. The van der Waals surface area contributed by atoms with Crippen molar-refractivity contribution in [3.63, 3.8) is 0 Å². The van der Waals surface area contributed by atoms with Crippen molar-refractivity contribution in [1.82, 2.24) is 15.3 Å². The Morgan fingerprint density at radius 1 is 1.19 bits per heavy atom. The Morgan fingerprint density at radius 3 is 2.73 bits per heavy atom. The van der Waals surface area contributed by atoms with Crippen LogP contribution in [0.25, 0.3) is 22.2 Å². The quantitative estimate of drug-likeness (QED) is 0.715. The maximum absolute atomic E-state index is 12.9. The average molecular weight is 349 g/mol. The molecule has 0 atom stereocenters. The van der Waals surface area contributed by atoms with Gasteiger partial charge >= 0.3 is 0 Å². The average Bonchev–Trinajstić information content (AvgIpc) is 2.66. The summed E-state index contributed by atoms with van der Waals surface area (Å²) in [5.74, 6) is -0.139. The van der Waals surface area contributed by atoms with Gasteiger partial charge in [-0.25, -0.2) is 4.98 Å². The van der Waals surface area contributed by atoms with Crippen LogP contribution in [-0.4, -0.2) is 34.1 Å². The number of benzene rings is 1. The van der Waals surface area contributed by atoms with Crippen LogP contribution in [0.15, 0.2) is 54.9 Å². The van der Waals surface area contributed by atoms with Gasteiger partial charge in [0.2, 0.25) is 0 Å². The summed E-state index contributed by atoms with van der Waals surface area (Å²) in [7, 11) is 0. The number of aliphatic hydroxyl groups excluding tert-OH is 1. The predicted molar refractivity (Wildman–Crippen MR) is 103 cm³/mol. The predicted octanol–water partition coefficient (Wildman–Crippen LogP) is 3.44. The molecule has 26 heavy (non-hydrogen) atoms. The third kappa shape index (κ3) is 4.06. The lowest BCUT2D eigenvalue weighted by Crippen LogP contribution is -2.34. The van der Waals surface area contributed by atoms with Crippen molar-refractivity contribution in [3.8, 4) is 11.3 Å². The van der Waals surface area contributed by atoms with E-state index in [1.54, 1.807) is 12.4 Å². The highest BCUT2D eigenvalue weighted by Gasteiger charge is 2.20. The van der Waals surface area contributed by atoms with Crippen molar-refractivity contribution < 1.29 is 9.90 Å². The first-order chi connectivity index (χ1) is 12.5. The molecule has 0 unspecified atom stereocenters. The lowest BCUT2D eigenvalue weighted by atomic mass is 9.89. The number of nitrogens with zero attached hydrogens (tertiary/aromatic N) is 2. The Bertz CT molecular complexity index is 908. The van der Waals surface area contributed by atoms with Crippen LogP contribution in [0, 0.1) is 5.41 Å². The SMILES string of the molecule is CC(C)(CCO)CNC(=O)c1cc(-c2cccnc2)nc2ccccc12. The number of carbonyl (C=O) groups is 1. The van der Waals surface area contributed by atoms with Crippen LogP contribution in [0.2, 0.25) is 0 Å². The second-order valence-electron chi connectivity index (χ2n) is 7.13. The Balaban J connectivity index is 1.97. The molecule has 1 amide bonds. The minimum Gasteiger partial charge on any atom is -0.396 e. The highest BCUT2D eigenvalue weighted by molar-refractivity contribution is 6.07. The molecular weight excluding hydrogens is 326 g/mol.